The summed E-state index contributed by atoms with van der Waals surface area (Å²) in [7, 11) is 1.70. The van der Waals surface area contributed by atoms with Gasteiger partial charge in [0, 0.05) is 53.2 Å². The maximum Gasteiger partial charge on any atom is 0.137 e. The van der Waals surface area contributed by atoms with E-state index in [1.807, 2.05) is 36.5 Å². The van der Waals surface area contributed by atoms with Crippen molar-refractivity contribution in [2.45, 2.75) is 26.1 Å². The zero-order valence-electron chi connectivity index (χ0n) is 19.0. The summed E-state index contributed by atoms with van der Waals surface area (Å²) >= 11 is 6.37. The topological polar surface area (TPSA) is 47.5 Å². The van der Waals surface area contributed by atoms with Crippen LogP contribution in [0.25, 0.3) is 33.2 Å². The molecule has 168 valence electrons. The van der Waals surface area contributed by atoms with Crippen molar-refractivity contribution in [3.63, 3.8) is 0 Å². The van der Waals surface area contributed by atoms with Crippen LogP contribution in [0.2, 0.25) is 5.15 Å². The second kappa shape index (κ2) is 9.00. The molecule has 4 aromatic rings. The fraction of sp³-hybridized carbons (Fsp3) is 0.259. The van der Waals surface area contributed by atoms with Gasteiger partial charge < -0.3 is 14.4 Å². The molecule has 1 unspecified atom stereocenters. The number of pyridine rings is 2. The van der Waals surface area contributed by atoms with Gasteiger partial charge in [0.15, 0.2) is 0 Å². The maximum absolute atomic E-state index is 6.37. The average molecular weight is 460 g/mol. The SMILES string of the molecule is COc1c(-c2ccc(N3CC(C)O[C@H](C)C3)cc2)cnc2c(-c3cccnc3Cl)cccc12. The summed E-state index contributed by atoms with van der Waals surface area (Å²) in [5.41, 5.74) is 5.83. The highest BCUT2D eigenvalue weighted by molar-refractivity contribution is 6.32. The van der Waals surface area contributed by atoms with Crippen molar-refractivity contribution in [1.29, 1.82) is 0 Å². The minimum atomic E-state index is 0.223. The number of aromatic nitrogens is 2. The van der Waals surface area contributed by atoms with Gasteiger partial charge in [-0.2, -0.15) is 0 Å². The summed E-state index contributed by atoms with van der Waals surface area (Å²) in [5.74, 6) is 0.795. The van der Waals surface area contributed by atoms with E-state index in [9.17, 15) is 0 Å². The molecule has 3 heterocycles. The number of methoxy groups -OCH3 is 1. The zero-order valence-corrected chi connectivity index (χ0v) is 19.7. The van der Waals surface area contributed by atoms with Crippen LogP contribution in [0.4, 0.5) is 5.69 Å². The third-order valence-electron chi connectivity index (χ3n) is 6.06. The lowest BCUT2D eigenvalue weighted by Gasteiger charge is -2.36. The molecule has 0 radical (unpaired) electrons. The molecular weight excluding hydrogens is 434 g/mol. The Hall–Kier alpha value is -3.15. The smallest absolute Gasteiger partial charge is 0.137 e. The van der Waals surface area contributed by atoms with Gasteiger partial charge in [-0.3, -0.25) is 4.98 Å². The number of fused-ring (bicyclic) bond motifs is 1. The zero-order chi connectivity index (χ0) is 22.9. The van der Waals surface area contributed by atoms with Gasteiger partial charge in [-0.1, -0.05) is 35.9 Å². The summed E-state index contributed by atoms with van der Waals surface area (Å²) in [5, 5.41) is 1.39. The molecule has 0 saturated carbocycles. The Morgan fingerprint density at radius 3 is 2.33 bits per heavy atom. The van der Waals surface area contributed by atoms with Gasteiger partial charge in [-0.05, 0) is 49.7 Å². The van der Waals surface area contributed by atoms with E-state index in [1.165, 1.54) is 5.69 Å². The highest BCUT2D eigenvalue weighted by Gasteiger charge is 2.22. The van der Waals surface area contributed by atoms with E-state index < -0.39 is 0 Å². The summed E-state index contributed by atoms with van der Waals surface area (Å²) in [4.78, 5) is 11.4. The molecule has 0 bridgehead atoms. The minimum Gasteiger partial charge on any atom is -0.495 e. The standard InChI is InChI=1S/C27H26ClN3O2/c1-17-15-31(16-18(2)33-17)20-11-9-19(10-12-20)24-14-30-25-21(22-8-5-13-29-27(22)28)6-4-7-23(25)26(24)32-3/h4-14,17-18H,15-16H2,1-3H3/t17-,18?/m1/s1. The Kier molecular flexibility index (Phi) is 5.92. The second-order valence-corrected chi connectivity index (χ2v) is 8.82. The highest BCUT2D eigenvalue weighted by atomic mass is 35.5. The fourth-order valence-electron chi connectivity index (χ4n) is 4.67. The Morgan fingerprint density at radius 2 is 1.64 bits per heavy atom. The van der Waals surface area contributed by atoms with Crippen LogP contribution >= 0.6 is 11.6 Å². The molecule has 0 spiro atoms. The Balaban J connectivity index is 1.55. The van der Waals surface area contributed by atoms with Crippen molar-refractivity contribution >= 4 is 28.2 Å². The third kappa shape index (κ3) is 4.14. The molecule has 0 amide bonds. The summed E-state index contributed by atoms with van der Waals surface area (Å²) in [6.07, 6.45) is 4.01. The number of hydrogen-bond donors (Lipinski definition) is 0. The van der Waals surface area contributed by atoms with Crippen LogP contribution in [0.3, 0.4) is 0 Å². The summed E-state index contributed by atoms with van der Waals surface area (Å²) in [6, 6.07) is 18.5. The molecule has 5 rings (SSSR count). The lowest BCUT2D eigenvalue weighted by molar-refractivity contribution is -0.00521. The van der Waals surface area contributed by atoms with Gasteiger partial charge in [0.25, 0.3) is 0 Å². The van der Waals surface area contributed by atoms with Gasteiger partial charge in [-0.25, -0.2) is 4.98 Å². The van der Waals surface area contributed by atoms with E-state index in [4.69, 9.17) is 26.1 Å². The molecule has 1 aliphatic heterocycles. The van der Waals surface area contributed by atoms with Crippen LogP contribution in [-0.2, 0) is 4.74 Å². The molecular formula is C27H26ClN3O2. The van der Waals surface area contributed by atoms with Crippen molar-refractivity contribution in [3.05, 3.63) is 72.1 Å². The minimum absolute atomic E-state index is 0.223. The number of morpholine rings is 1. The van der Waals surface area contributed by atoms with Crippen LogP contribution in [0.5, 0.6) is 5.75 Å². The molecule has 33 heavy (non-hydrogen) atoms. The first-order valence-electron chi connectivity index (χ1n) is 11.1. The molecule has 1 fully saturated rings. The number of para-hydroxylation sites is 1. The summed E-state index contributed by atoms with van der Waals surface area (Å²) < 4.78 is 11.8. The third-order valence-corrected chi connectivity index (χ3v) is 6.37. The molecule has 2 aromatic carbocycles. The Labute approximate surface area is 199 Å². The van der Waals surface area contributed by atoms with E-state index in [0.29, 0.717) is 5.15 Å². The van der Waals surface area contributed by atoms with Gasteiger partial charge in [0.2, 0.25) is 0 Å². The number of hydrogen-bond acceptors (Lipinski definition) is 5. The van der Waals surface area contributed by atoms with E-state index >= 15 is 0 Å². The van der Waals surface area contributed by atoms with Crippen molar-refractivity contribution in [2.24, 2.45) is 0 Å². The summed E-state index contributed by atoms with van der Waals surface area (Å²) in [6.45, 7) is 6.03. The van der Waals surface area contributed by atoms with E-state index in [1.54, 1.807) is 13.3 Å². The molecule has 6 heteroatoms. The molecule has 0 aliphatic carbocycles. The van der Waals surface area contributed by atoms with Gasteiger partial charge in [-0.15, -0.1) is 0 Å². The first-order chi connectivity index (χ1) is 16.0. The molecule has 2 aromatic heterocycles. The van der Waals surface area contributed by atoms with Crippen molar-refractivity contribution < 1.29 is 9.47 Å². The molecule has 5 nitrogen and oxygen atoms in total. The van der Waals surface area contributed by atoms with Gasteiger partial charge in [0.1, 0.15) is 10.9 Å². The Morgan fingerprint density at radius 1 is 0.909 bits per heavy atom. The molecule has 2 atom stereocenters. The molecule has 0 N–H and O–H groups in total. The first-order valence-corrected chi connectivity index (χ1v) is 11.5. The number of benzene rings is 2. The fourth-order valence-corrected chi connectivity index (χ4v) is 4.89. The monoisotopic (exact) mass is 459 g/mol. The van der Waals surface area contributed by atoms with Crippen LogP contribution in [0.1, 0.15) is 13.8 Å². The van der Waals surface area contributed by atoms with Crippen LogP contribution in [0, 0.1) is 0 Å². The van der Waals surface area contributed by atoms with Gasteiger partial charge >= 0.3 is 0 Å². The largest absolute Gasteiger partial charge is 0.495 e. The number of anilines is 1. The predicted molar refractivity (Wildman–Crippen MR) is 134 cm³/mol. The first kappa shape index (κ1) is 21.7. The molecule has 1 saturated heterocycles. The van der Waals surface area contributed by atoms with E-state index in [2.05, 4.69) is 48.0 Å². The predicted octanol–water partition coefficient (Wildman–Crippen LogP) is 6.24. The number of ether oxygens (including phenoxy) is 2. The number of rotatable bonds is 4. The second-order valence-electron chi connectivity index (χ2n) is 8.46. The van der Waals surface area contributed by atoms with E-state index in [0.717, 1.165) is 52.0 Å². The van der Waals surface area contributed by atoms with Crippen LogP contribution in [-0.4, -0.2) is 42.4 Å². The lowest BCUT2D eigenvalue weighted by Crippen LogP contribution is -2.45. The highest BCUT2D eigenvalue weighted by Crippen LogP contribution is 2.40. The normalized spacial score (nSPS) is 18.5. The van der Waals surface area contributed by atoms with Crippen molar-refractivity contribution in [1.82, 2.24) is 9.97 Å². The van der Waals surface area contributed by atoms with Crippen molar-refractivity contribution in [2.75, 3.05) is 25.1 Å². The maximum atomic E-state index is 6.37. The quantitative estimate of drug-likeness (QED) is 0.338. The Bertz CT molecular complexity index is 1280. The van der Waals surface area contributed by atoms with Crippen LogP contribution in [0.15, 0.2) is 67.0 Å². The van der Waals surface area contributed by atoms with E-state index in [-0.39, 0.29) is 12.2 Å². The molecule has 1 aliphatic rings. The average Bonchev–Trinajstić information content (AvgIpc) is 2.83. The lowest BCUT2D eigenvalue weighted by atomic mass is 9.99. The number of nitrogens with zero attached hydrogens (tertiary/aromatic N) is 3. The van der Waals surface area contributed by atoms with Gasteiger partial charge in [0.05, 0.1) is 24.8 Å². The number of halogens is 1. The van der Waals surface area contributed by atoms with Crippen molar-refractivity contribution in [3.8, 4) is 28.0 Å². The van der Waals surface area contributed by atoms with Crippen LogP contribution < -0.4 is 9.64 Å².